The van der Waals surface area contributed by atoms with Crippen LogP contribution in [0.1, 0.15) is 19.4 Å². The Morgan fingerprint density at radius 3 is 2.23 bits per heavy atom. The molecule has 4 rings (SSSR count). The molecule has 6 nitrogen and oxygen atoms in total. The van der Waals surface area contributed by atoms with E-state index in [2.05, 4.69) is 18.2 Å². The summed E-state index contributed by atoms with van der Waals surface area (Å²) < 4.78 is 35.7. The predicted octanol–water partition coefficient (Wildman–Crippen LogP) is 6.19. The second kappa shape index (κ2) is 11.1. The SMILES string of the molecule is COC(=O)C(C(C)C)N(c1ccc(-c2ccc(CSc3cc4ccccc4o3)cc2)cc1)S(=O)[O-]. The summed E-state index contributed by atoms with van der Waals surface area (Å²) in [7, 11) is 1.26. The number of nitrogens with zero attached hydrogens (tertiary/aromatic N) is 1. The average Bonchev–Trinajstić information content (AvgIpc) is 3.29. The van der Waals surface area contributed by atoms with Crippen LogP contribution in [0.25, 0.3) is 22.1 Å². The van der Waals surface area contributed by atoms with Gasteiger partial charge in [-0.25, -0.2) is 4.79 Å². The second-order valence-corrected chi connectivity index (χ2v) is 10.2. The Balaban J connectivity index is 1.46. The first-order chi connectivity index (χ1) is 16.9. The number of hydrogen-bond donors (Lipinski definition) is 0. The molecule has 0 bridgehead atoms. The molecule has 4 aromatic rings. The molecule has 0 spiro atoms. The summed E-state index contributed by atoms with van der Waals surface area (Å²) in [6, 6.07) is 24.4. The smallest absolute Gasteiger partial charge is 0.329 e. The number of carbonyl (C=O) groups excluding carboxylic acids is 1. The Morgan fingerprint density at radius 1 is 1.03 bits per heavy atom. The Bertz CT molecular complexity index is 1280. The fourth-order valence-electron chi connectivity index (χ4n) is 3.88. The van der Waals surface area contributed by atoms with Gasteiger partial charge in [0.1, 0.15) is 11.6 Å². The lowest BCUT2D eigenvalue weighted by Crippen LogP contribution is -2.46. The van der Waals surface area contributed by atoms with Crippen molar-refractivity contribution in [1.29, 1.82) is 0 Å². The van der Waals surface area contributed by atoms with Crippen LogP contribution in [0, 0.1) is 5.92 Å². The van der Waals surface area contributed by atoms with Crippen molar-refractivity contribution in [3.8, 4) is 11.1 Å². The quantitative estimate of drug-likeness (QED) is 0.152. The fraction of sp³-hybridized carbons (Fsp3) is 0.222. The Kier molecular flexibility index (Phi) is 7.95. The largest absolute Gasteiger partial charge is 0.755 e. The number of benzene rings is 3. The molecule has 182 valence electrons. The maximum Gasteiger partial charge on any atom is 0.329 e. The maximum atomic E-state index is 12.2. The summed E-state index contributed by atoms with van der Waals surface area (Å²) >= 11 is -0.983. The first-order valence-electron chi connectivity index (χ1n) is 11.1. The van der Waals surface area contributed by atoms with Gasteiger partial charge in [-0.05, 0) is 46.9 Å². The highest BCUT2D eigenvalue weighted by atomic mass is 32.2. The van der Waals surface area contributed by atoms with Gasteiger partial charge in [0.2, 0.25) is 0 Å². The van der Waals surface area contributed by atoms with E-state index in [1.807, 2.05) is 48.5 Å². The van der Waals surface area contributed by atoms with Gasteiger partial charge in [-0.3, -0.25) is 8.51 Å². The monoisotopic (exact) mass is 508 g/mol. The van der Waals surface area contributed by atoms with Crippen molar-refractivity contribution in [1.82, 2.24) is 0 Å². The fourth-order valence-corrected chi connectivity index (χ4v) is 5.55. The van der Waals surface area contributed by atoms with Crippen molar-refractivity contribution >= 4 is 45.7 Å². The Morgan fingerprint density at radius 2 is 1.66 bits per heavy atom. The molecule has 0 N–H and O–H groups in total. The van der Waals surface area contributed by atoms with Gasteiger partial charge in [-0.1, -0.05) is 80.2 Å². The van der Waals surface area contributed by atoms with Crippen LogP contribution in [-0.4, -0.2) is 27.9 Å². The maximum absolute atomic E-state index is 12.2. The van der Waals surface area contributed by atoms with Gasteiger partial charge >= 0.3 is 5.97 Å². The zero-order chi connectivity index (χ0) is 24.9. The van der Waals surface area contributed by atoms with E-state index < -0.39 is 23.3 Å². The van der Waals surface area contributed by atoms with Crippen LogP contribution in [0.3, 0.4) is 0 Å². The van der Waals surface area contributed by atoms with Crippen molar-refractivity contribution in [2.75, 3.05) is 11.4 Å². The Labute approximate surface area is 211 Å². The highest BCUT2D eigenvalue weighted by molar-refractivity contribution is 7.98. The highest BCUT2D eigenvalue weighted by Gasteiger charge is 2.31. The van der Waals surface area contributed by atoms with E-state index in [0.29, 0.717) is 5.69 Å². The molecule has 0 saturated heterocycles. The number of ether oxygens (including phenoxy) is 1. The predicted molar refractivity (Wildman–Crippen MR) is 140 cm³/mol. The number of anilines is 1. The van der Waals surface area contributed by atoms with Gasteiger partial charge in [0.25, 0.3) is 0 Å². The van der Waals surface area contributed by atoms with Crippen molar-refractivity contribution in [2.45, 2.75) is 30.7 Å². The minimum Gasteiger partial charge on any atom is -0.755 e. The van der Waals surface area contributed by atoms with Gasteiger partial charge < -0.3 is 13.7 Å². The van der Waals surface area contributed by atoms with Crippen molar-refractivity contribution in [2.24, 2.45) is 5.92 Å². The minimum absolute atomic E-state index is 0.259. The zero-order valence-electron chi connectivity index (χ0n) is 19.7. The number of carbonyl (C=O) groups is 1. The molecule has 1 aromatic heterocycles. The number of esters is 1. The molecule has 0 aliphatic heterocycles. The molecule has 0 aliphatic carbocycles. The summed E-state index contributed by atoms with van der Waals surface area (Å²) in [5.41, 5.74) is 4.42. The van der Waals surface area contributed by atoms with E-state index in [1.54, 1.807) is 37.7 Å². The normalized spacial score (nSPS) is 13.1. The standard InChI is InChI=1S/C27H27NO5S2/c1-18(2)26(27(29)32-3)28(35(30)31)23-14-12-21(13-15-23)20-10-8-19(9-11-20)17-34-25-16-22-6-4-5-7-24(22)33-25/h4-16,18,26H,17H2,1-3H3,(H,30,31)/p-1. The lowest BCUT2D eigenvalue weighted by molar-refractivity contribution is -0.142. The topological polar surface area (TPSA) is 82.8 Å². The molecule has 1 heterocycles. The summed E-state index contributed by atoms with van der Waals surface area (Å²) in [6.07, 6.45) is 0. The Hall–Kier alpha value is -3.07. The first kappa shape index (κ1) is 25.0. The third-order valence-electron chi connectivity index (χ3n) is 5.68. The number of thioether (sulfide) groups is 1. The van der Waals surface area contributed by atoms with Crippen molar-refractivity contribution < 1.29 is 22.7 Å². The lowest BCUT2D eigenvalue weighted by Gasteiger charge is -2.35. The molecular weight excluding hydrogens is 482 g/mol. The molecule has 0 saturated carbocycles. The van der Waals surface area contributed by atoms with E-state index in [9.17, 15) is 13.6 Å². The molecule has 0 radical (unpaired) electrons. The van der Waals surface area contributed by atoms with Crippen LogP contribution in [0.15, 0.2) is 88.4 Å². The van der Waals surface area contributed by atoms with Gasteiger partial charge in [-0.2, -0.15) is 0 Å². The summed E-state index contributed by atoms with van der Waals surface area (Å²) in [5, 5.41) is 1.98. The van der Waals surface area contributed by atoms with Crippen molar-refractivity contribution in [3.05, 3.63) is 84.4 Å². The van der Waals surface area contributed by atoms with Crippen LogP contribution >= 0.6 is 11.8 Å². The van der Waals surface area contributed by atoms with Crippen LogP contribution in [0.5, 0.6) is 0 Å². The van der Waals surface area contributed by atoms with Crippen LogP contribution in [-0.2, 0) is 26.6 Å². The molecule has 2 unspecified atom stereocenters. The third-order valence-corrected chi connectivity index (χ3v) is 7.40. The second-order valence-electron chi connectivity index (χ2n) is 8.39. The number of fused-ring (bicyclic) bond motifs is 1. The highest BCUT2D eigenvalue weighted by Crippen LogP contribution is 2.31. The van der Waals surface area contributed by atoms with E-state index in [0.717, 1.165) is 37.2 Å². The molecule has 0 amide bonds. The van der Waals surface area contributed by atoms with Crippen LogP contribution in [0.4, 0.5) is 5.69 Å². The van der Waals surface area contributed by atoms with Crippen molar-refractivity contribution in [3.63, 3.8) is 0 Å². The molecule has 0 aliphatic rings. The number of rotatable bonds is 9. The van der Waals surface area contributed by atoms with E-state index in [1.165, 1.54) is 12.7 Å². The van der Waals surface area contributed by atoms with Crippen LogP contribution < -0.4 is 4.31 Å². The first-order valence-corrected chi connectivity index (χ1v) is 13.2. The third kappa shape index (κ3) is 5.78. The number of hydrogen-bond acceptors (Lipinski definition) is 6. The number of furan rings is 1. The van der Waals surface area contributed by atoms with Gasteiger partial charge in [0.15, 0.2) is 5.09 Å². The summed E-state index contributed by atoms with van der Waals surface area (Å²) in [4.78, 5) is 12.2. The summed E-state index contributed by atoms with van der Waals surface area (Å²) in [6.45, 7) is 3.56. The number of methoxy groups -OCH3 is 1. The average molecular weight is 509 g/mol. The molecule has 0 fully saturated rings. The van der Waals surface area contributed by atoms with E-state index in [4.69, 9.17) is 9.15 Å². The van der Waals surface area contributed by atoms with Crippen LogP contribution in [0.2, 0.25) is 0 Å². The van der Waals surface area contributed by atoms with Gasteiger partial charge in [-0.15, -0.1) is 0 Å². The van der Waals surface area contributed by atoms with Gasteiger partial charge in [0, 0.05) is 28.1 Å². The lowest BCUT2D eigenvalue weighted by atomic mass is 10.0. The zero-order valence-corrected chi connectivity index (χ0v) is 21.3. The minimum atomic E-state index is -2.63. The molecule has 3 aromatic carbocycles. The molecule has 35 heavy (non-hydrogen) atoms. The molecule has 8 heteroatoms. The molecule has 2 atom stereocenters. The van der Waals surface area contributed by atoms with E-state index in [-0.39, 0.29) is 5.92 Å². The molecular formula is C27H26NO5S2-. The van der Waals surface area contributed by atoms with E-state index >= 15 is 0 Å². The summed E-state index contributed by atoms with van der Waals surface area (Å²) in [5.74, 6) is -0.0673. The van der Waals surface area contributed by atoms with Gasteiger partial charge in [0.05, 0.1) is 7.11 Å². The number of para-hydroxylation sites is 1.